The fraction of sp³-hybridized carbons (Fsp3) is 0.800. The van der Waals surface area contributed by atoms with Crippen molar-refractivity contribution in [2.45, 2.75) is 41.5 Å². The lowest BCUT2D eigenvalue weighted by molar-refractivity contribution is -0.126. The SMILES string of the molecule is CC(C)(C)C(=O)NS(=O)(=O)NC(=O)C(C)(C)C. The average Bonchev–Trinajstić information content (AvgIpc) is 1.97. The third-order valence-corrected chi connectivity index (χ3v) is 2.72. The second-order valence-corrected chi connectivity index (χ2v) is 7.28. The third-order valence-electron chi connectivity index (χ3n) is 1.82. The summed E-state index contributed by atoms with van der Waals surface area (Å²) in [5.41, 5.74) is -1.70. The molecule has 0 aromatic rings. The summed E-state index contributed by atoms with van der Waals surface area (Å²) in [5, 5.41) is 0. The Morgan fingerprint density at radius 3 is 1.18 bits per heavy atom. The molecule has 0 unspecified atom stereocenters. The van der Waals surface area contributed by atoms with Crippen molar-refractivity contribution in [1.29, 1.82) is 0 Å². The van der Waals surface area contributed by atoms with Crippen molar-refractivity contribution >= 4 is 22.0 Å². The van der Waals surface area contributed by atoms with Crippen LogP contribution < -0.4 is 9.44 Å². The fourth-order valence-corrected chi connectivity index (χ4v) is 1.73. The summed E-state index contributed by atoms with van der Waals surface area (Å²) in [6, 6.07) is 0. The summed E-state index contributed by atoms with van der Waals surface area (Å²) in [5.74, 6) is -1.35. The van der Waals surface area contributed by atoms with Gasteiger partial charge in [0.15, 0.2) is 0 Å². The van der Waals surface area contributed by atoms with Crippen molar-refractivity contribution in [3.63, 3.8) is 0 Å². The Morgan fingerprint density at radius 1 is 0.765 bits per heavy atom. The molecular weight excluding hydrogens is 244 g/mol. The van der Waals surface area contributed by atoms with Gasteiger partial charge in [-0.05, 0) is 0 Å². The summed E-state index contributed by atoms with van der Waals surface area (Å²) >= 11 is 0. The van der Waals surface area contributed by atoms with Crippen molar-refractivity contribution in [1.82, 2.24) is 9.44 Å². The van der Waals surface area contributed by atoms with E-state index in [2.05, 4.69) is 0 Å². The molecule has 0 heterocycles. The largest absolute Gasteiger partial charge is 0.325 e. The molecule has 0 rings (SSSR count). The Bertz CT molecular complexity index is 379. The van der Waals surface area contributed by atoms with Gasteiger partial charge in [-0.3, -0.25) is 9.59 Å². The van der Waals surface area contributed by atoms with Gasteiger partial charge in [-0.25, -0.2) is 9.44 Å². The monoisotopic (exact) mass is 264 g/mol. The van der Waals surface area contributed by atoms with Crippen molar-refractivity contribution in [2.75, 3.05) is 0 Å². The van der Waals surface area contributed by atoms with E-state index >= 15 is 0 Å². The predicted molar refractivity (Wildman–Crippen MR) is 64.1 cm³/mol. The predicted octanol–water partition coefficient (Wildman–Crippen LogP) is 0.556. The minimum absolute atomic E-state index is 0.674. The van der Waals surface area contributed by atoms with Crippen LogP contribution >= 0.6 is 0 Å². The first kappa shape index (κ1) is 15.9. The Hall–Kier alpha value is -1.11. The van der Waals surface area contributed by atoms with Gasteiger partial charge >= 0.3 is 10.2 Å². The lowest BCUT2D eigenvalue weighted by atomic mass is 9.96. The van der Waals surface area contributed by atoms with Crippen molar-refractivity contribution in [3.8, 4) is 0 Å². The molecule has 0 atom stereocenters. The molecule has 100 valence electrons. The van der Waals surface area contributed by atoms with Crippen molar-refractivity contribution in [2.24, 2.45) is 10.8 Å². The van der Waals surface area contributed by atoms with Crippen LogP contribution in [0.15, 0.2) is 0 Å². The Labute approximate surface area is 102 Å². The van der Waals surface area contributed by atoms with Crippen LogP contribution in [0.2, 0.25) is 0 Å². The number of hydrogen-bond donors (Lipinski definition) is 2. The summed E-state index contributed by atoms with van der Waals surface area (Å²) < 4.78 is 26.6. The van der Waals surface area contributed by atoms with E-state index in [4.69, 9.17) is 0 Å². The van der Waals surface area contributed by atoms with E-state index in [1.807, 2.05) is 0 Å². The maximum absolute atomic E-state index is 11.5. The molecule has 0 aromatic carbocycles. The fourth-order valence-electron chi connectivity index (χ4n) is 0.576. The van der Waals surface area contributed by atoms with Gasteiger partial charge in [0.05, 0.1) is 0 Å². The van der Waals surface area contributed by atoms with E-state index in [1.165, 1.54) is 0 Å². The zero-order valence-electron chi connectivity index (χ0n) is 11.0. The van der Waals surface area contributed by atoms with Crippen LogP contribution in [0.1, 0.15) is 41.5 Å². The molecule has 0 saturated carbocycles. The number of carbonyl (C=O) groups is 2. The average molecular weight is 264 g/mol. The molecule has 0 spiro atoms. The Kier molecular flexibility index (Phi) is 4.33. The number of carbonyl (C=O) groups excluding carboxylic acids is 2. The van der Waals surface area contributed by atoms with Gasteiger partial charge in [0.2, 0.25) is 11.8 Å². The summed E-state index contributed by atoms with van der Waals surface area (Å²) in [6.45, 7) is 9.44. The first-order valence-corrected chi connectivity index (χ1v) is 6.63. The molecule has 0 fully saturated rings. The molecule has 0 saturated heterocycles. The summed E-state index contributed by atoms with van der Waals surface area (Å²) in [6.07, 6.45) is 0. The van der Waals surface area contributed by atoms with Crippen LogP contribution in [0.5, 0.6) is 0 Å². The van der Waals surface area contributed by atoms with Gasteiger partial charge in [-0.2, -0.15) is 8.42 Å². The van der Waals surface area contributed by atoms with Crippen molar-refractivity contribution in [3.05, 3.63) is 0 Å². The zero-order valence-corrected chi connectivity index (χ0v) is 11.9. The molecule has 2 N–H and O–H groups in total. The van der Waals surface area contributed by atoms with Gasteiger partial charge in [0, 0.05) is 10.8 Å². The second kappa shape index (κ2) is 4.64. The highest BCUT2D eigenvalue weighted by molar-refractivity contribution is 7.88. The highest BCUT2D eigenvalue weighted by atomic mass is 32.2. The van der Waals surface area contributed by atoms with E-state index < -0.39 is 32.9 Å². The van der Waals surface area contributed by atoms with E-state index in [0.29, 0.717) is 0 Å². The molecule has 7 heteroatoms. The second-order valence-electron chi connectivity index (χ2n) is 5.87. The maximum Gasteiger partial charge on any atom is 0.325 e. The lowest BCUT2D eigenvalue weighted by Crippen LogP contribution is -2.49. The molecule has 0 aliphatic carbocycles. The van der Waals surface area contributed by atoms with Crippen molar-refractivity contribution < 1.29 is 18.0 Å². The zero-order chi connectivity index (χ0) is 14.1. The quantitative estimate of drug-likeness (QED) is 0.762. The van der Waals surface area contributed by atoms with E-state index in [-0.39, 0.29) is 0 Å². The molecular formula is C10H20N2O4S. The van der Waals surface area contributed by atoms with Gasteiger partial charge < -0.3 is 0 Å². The first-order valence-electron chi connectivity index (χ1n) is 5.15. The van der Waals surface area contributed by atoms with Gasteiger partial charge in [0.1, 0.15) is 0 Å². The van der Waals surface area contributed by atoms with Gasteiger partial charge in [-0.15, -0.1) is 0 Å². The normalized spacial score (nSPS) is 13.1. The molecule has 0 aromatic heterocycles. The molecule has 2 amide bonds. The molecule has 0 aliphatic heterocycles. The van der Waals surface area contributed by atoms with E-state index in [9.17, 15) is 18.0 Å². The minimum atomic E-state index is -4.15. The van der Waals surface area contributed by atoms with Crippen LogP contribution in [-0.2, 0) is 19.8 Å². The molecule has 0 radical (unpaired) electrons. The van der Waals surface area contributed by atoms with Gasteiger partial charge in [-0.1, -0.05) is 41.5 Å². The highest BCUT2D eigenvalue weighted by Crippen LogP contribution is 2.14. The summed E-state index contributed by atoms with van der Waals surface area (Å²) in [4.78, 5) is 22.9. The van der Waals surface area contributed by atoms with E-state index in [1.54, 1.807) is 51.0 Å². The molecule has 6 nitrogen and oxygen atoms in total. The molecule has 0 bridgehead atoms. The van der Waals surface area contributed by atoms with Crippen LogP contribution in [0, 0.1) is 10.8 Å². The van der Waals surface area contributed by atoms with Crippen LogP contribution in [0.25, 0.3) is 0 Å². The standard InChI is InChI=1S/C10H20N2O4S/c1-9(2,3)7(13)11-17(15,16)12-8(14)10(4,5)6/h1-6H3,(H,11,13)(H,12,14). The first-order chi connectivity index (χ1) is 7.26. The maximum atomic E-state index is 11.5. The molecule has 17 heavy (non-hydrogen) atoms. The number of rotatable bonds is 2. The van der Waals surface area contributed by atoms with E-state index in [0.717, 1.165) is 0 Å². The van der Waals surface area contributed by atoms with Gasteiger partial charge in [0.25, 0.3) is 0 Å². The van der Waals surface area contributed by atoms with Crippen LogP contribution in [-0.4, -0.2) is 20.2 Å². The topological polar surface area (TPSA) is 92.3 Å². The number of hydrogen-bond acceptors (Lipinski definition) is 4. The number of nitrogens with one attached hydrogen (secondary N) is 2. The summed E-state index contributed by atoms with van der Waals surface area (Å²) in [7, 11) is -4.15. The van der Waals surface area contributed by atoms with Crippen LogP contribution in [0.4, 0.5) is 0 Å². The minimum Gasteiger partial charge on any atom is -0.273 e. The molecule has 0 aliphatic rings. The Morgan fingerprint density at radius 2 is 1.00 bits per heavy atom. The number of amides is 2. The van der Waals surface area contributed by atoms with Crippen LogP contribution in [0.3, 0.4) is 0 Å². The smallest absolute Gasteiger partial charge is 0.273 e. The highest BCUT2D eigenvalue weighted by Gasteiger charge is 2.30. The third kappa shape index (κ3) is 5.67. The Balaban J connectivity index is 4.75. The lowest BCUT2D eigenvalue weighted by Gasteiger charge is -2.20.